The number of halogens is 10. The van der Waals surface area contributed by atoms with Crippen LogP contribution >= 0.6 is 0 Å². The Morgan fingerprint density at radius 3 is 2.00 bits per heavy atom. The summed E-state index contributed by atoms with van der Waals surface area (Å²) in [6, 6.07) is 8.09. The molecule has 7 rings (SSSR count). The maximum Gasteiger partial charge on any atom is 0.434 e. The van der Waals surface area contributed by atoms with Gasteiger partial charge in [0, 0.05) is 22.8 Å². The average Bonchev–Trinajstić information content (AvgIpc) is 3.83. The molecule has 3 atom stereocenters. The third-order valence-corrected chi connectivity index (χ3v) is 9.67. The van der Waals surface area contributed by atoms with Crippen molar-refractivity contribution < 1.29 is 62.6 Å². The lowest BCUT2D eigenvalue weighted by molar-refractivity contribution is -0.143. The number of benzene rings is 4. The van der Waals surface area contributed by atoms with Gasteiger partial charge in [0.25, 0.3) is 0 Å². The highest BCUT2D eigenvalue weighted by molar-refractivity contribution is 5.83. The first-order chi connectivity index (χ1) is 25.7. The quantitative estimate of drug-likeness (QED) is 0.172. The van der Waals surface area contributed by atoms with Gasteiger partial charge in [-0.1, -0.05) is 12.1 Å². The molecule has 4 aromatic carbocycles. The first kappa shape index (κ1) is 37.5. The molecule has 18 heteroatoms. The van der Waals surface area contributed by atoms with E-state index < -0.39 is 76.6 Å². The highest BCUT2D eigenvalue weighted by Gasteiger charge is 2.52. The van der Waals surface area contributed by atoms with E-state index >= 15 is 4.39 Å². The van der Waals surface area contributed by atoms with Crippen LogP contribution in [0.15, 0.2) is 75.9 Å². The minimum Gasteiger partial charge on any atom is -0.496 e. The Morgan fingerprint density at radius 1 is 0.764 bits per heavy atom. The number of nitrogens with zero attached hydrogens (tertiary/aromatic N) is 2. The van der Waals surface area contributed by atoms with E-state index in [2.05, 4.69) is 10.2 Å². The van der Waals surface area contributed by atoms with Crippen LogP contribution in [-0.2, 0) is 23.3 Å². The molecule has 2 aliphatic heterocycles. The zero-order chi connectivity index (χ0) is 39.8. The molecule has 0 saturated carbocycles. The topological polar surface area (TPSA) is 97.7 Å². The Balaban J connectivity index is 1.33. The van der Waals surface area contributed by atoms with Gasteiger partial charge in [0.15, 0.2) is 0 Å². The number of amides is 1. The van der Waals surface area contributed by atoms with E-state index in [0.29, 0.717) is 28.8 Å². The summed E-state index contributed by atoms with van der Waals surface area (Å²) in [6.45, 7) is 1.63. The number of carbonyl (C=O) groups excluding carboxylic acids is 1. The first-order valence-electron chi connectivity index (χ1n) is 16.3. The van der Waals surface area contributed by atoms with Gasteiger partial charge in [-0.3, -0.25) is 4.90 Å². The Hall–Kier alpha value is -5.81. The number of hydrogen-bond donors (Lipinski definition) is 1. The summed E-state index contributed by atoms with van der Waals surface area (Å²) in [5, 5.41) is 5.90. The van der Waals surface area contributed by atoms with Crippen LogP contribution in [0.3, 0.4) is 0 Å². The lowest BCUT2D eigenvalue weighted by atomic mass is 9.88. The number of rotatable bonds is 6. The van der Waals surface area contributed by atoms with Gasteiger partial charge in [-0.25, -0.2) is 19.1 Å². The summed E-state index contributed by atoms with van der Waals surface area (Å²) < 4.78 is 156. The maximum absolute atomic E-state index is 15.8. The largest absolute Gasteiger partial charge is 0.496 e. The van der Waals surface area contributed by atoms with Crippen LogP contribution in [-0.4, -0.2) is 34.3 Å². The lowest BCUT2D eigenvalue weighted by Gasteiger charge is -2.26. The zero-order valence-corrected chi connectivity index (χ0v) is 28.2. The minimum atomic E-state index is -5.19. The third-order valence-electron chi connectivity index (χ3n) is 9.67. The monoisotopic (exact) mass is 781 g/mol. The summed E-state index contributed by atoms with van der Waals surface area (Å²) in [4.78, 5) is 25.9. The molecule has 1 amide bonds. The summed E-state index contributed by atoms with van der Waals surface area (Å²) >= 11 is 0. The number of H-pyrrole nitrogens is 1. The van der Waals surface area contributed by atoms with Gasteiger partial charge in [-0.15, -0.1) is 5.10 Å². The number of fused-ring (bicyclic) bond motifs is 1. The standard InChI is InChI=1S/C37H25F10N3O5/c1-16-9-17(32-48-49-33(51)55-32)3-5-22(16)24-14-26(30(53-2)15-27(24)38)23-6-4-19(35(39,40)41)13-25(23)28-7-8-29-31(54-34(52)50(28)29)18-10-20(36(42,43)44)12-21(11-18)37(45,46)47/h3-6,9-15,28-29,31H,7-8H2,1-2H3,(H,49,51)/t28-,29-,31+/m0/s1. The SMILES string of the molecule is COc1cc(F)c(-c2ccc(-c3n[nH]c(=O)o3)cc2C)cc1-c1ccc(C(F)(F)F)cc1[C@@H]1CC[C@H]2[C@@H](c3cc(C(F)(F)F)cc(C(F)(F)F)c3)OC(=O)N12. The lowest BCUT2D eigenvalue weighted by Crippen LogP contribution is -2.31. The molecule has 2 saturated heterocycles. The van der Waals surface area contributed by atoms with Crippen molar-refractivity contribution in [2.75, 3.05) is 7.11 Å². The van der Waals surface area contributed by atoms with Gasteiger partial charge < -0.3 is 13.9 Å². The van der Waals surface area contributed by atoms with Crippen LogP contribution in [0.1, 0.15) is 58.4 Å². The molecule has 0 unspecified atom stereocenters. The molecular weight excluding hydrogens is 756 g/mol. The van der Waals surface area contributed by atoms with Crippen molar-refractivity contribution in [2.24, 2.45) is 0 Å². The predicted molar refractivity (Wildman–Crippen MR) is 173 cm³/mol. The van der Waals surface area contributed by atoms with Crippen molar-refractivity contribution in [1.29, 1.82) is 0 Å². The zero-order valence-electron chi connectivity index (χ0n) is 28.2. The van der Waals surface area contributed by atoms with Crippen molar-refractivity contribution in [3.63, 3.8) is 0 Å². The molecule has 0 radical (unpaired) electrons. The van der Waals surface area contributed by atoms with Crippen LogP contribution in [0, 0.1) is 12.7 Å². The molecule has 2 aliphatic rings. The van der Waals surface area contributed by atoms with Crippen LogP contribution in [0.25, 0.3) is 33.7 Å². The van der Waals surface area contributed by atoms with Crippen LogP contribution in [0.2, 0.25) is 0 Å². The number of ether oxygens (including phenoxy) is 2. The second-order valence-corrected chi connectivity index (χ2v) is 13.0. The number of nitrogens with one attached hydrogen (secondary N) is 1. The van der Waals surface area contributed by atoms with E-state index in [0.717, 1.165) is 29.2 Å². The van der Waals surface area contributed by atoms with Gasteiger partial charge in [-0.05, 0) is 96.1 Å². The second-order valence-electron chi connectivity index (χ2n) is 13.0. The normalized spacial score (nSPS) is 18.8. The summed E-state index contributed by atoms with van der Waals surface area (Å²) in [7, 11) is 1.21. The molecule has 0 bridgehead atoms. The molecule has 1 N–H and O–H groups in total. The minimum absolute atomic E-state index is 0.0101. The first-order valence-corrected chi connectivity index (χ1v) is 16.3. The highest BCUT2D eigenvalue weighted by Crippen LogP contribution is 2.52. The number of hydrogen-bond acceptors (Lipinski definition) is 6. The Bertz CT molecular complexity index is 2350. The number of methoxy groups -OCH3 is 1. The van der Waals surface area contributed by atoms with Gasteiger partial charge >= 0.3 is 30.4 Å². The van der Waals surface area contributed by atoms with Crippen molar-refractivity contribution >= 4 is 6.09 Å². The summed E-state index contributed by atoms with van der Waals surface area (Å²) in [5.41, 5.74) is -3.71. The Kier molecular flexibility index (Phi) is 9.00. The van der Waals surface area contributed by atoms with E-state index in [9.17, 15) is 49.1 Å². The summed E-state index contributed by atoms with van der Waals surface area (Å²) in [6.07, 6.45) is -18.2. The maximum atomic E-state index is 15.8. The van der Waals surface area contributed by atoms with E-state index in [1.165, 1.54) is 25.3 Å². The predicted octanol–water partition coefficient (Wildman–Crippen LogP) is 10.3. The summed E-state index contributed by atoms with van der Waals surface area (Å²) in [5.74, 6) is -1.71. The van der Waals surface area contributed by atoms with Crippen molar-refractivity contribution in [2.45, 2.75) is 56.5 Å². The number of aromatic amines is 1. The number of carbonyl (C=O) groups is 1. The molecule has 8 nitrogen and oxygen atoms in total. The van der Waals surface area contributed by atoms with Gasteiger partial charge in [0.2, 0.25) is 5.89 Å². The fourth-order valence-electron chi connectivity index (χ4n) is 7.24. The van der Waals surface area contributed by atoms with Crippen molar-refractivity contribution in [1.82, 2.24) is 15.1 Å². The molecule has 288 valence electrons. The van der Waals surface area contributed by atoms with Crippen molar-refractivity contribution in [3.8, 4) is 39.5 Å². The Morgan fingerprint density at radius 2 is 1.42 bits per heavy atom. The molecule has 1 aromatic heterocycles. The number of cyclic esters (lactones) is 1. The van der Waals surface area contributed by atoms with Crippen LogP contribution < -0.4 is 10.5 Å². The average molecular weight is 782 g/mol. The second kappa shape index (κ2) is 13.2. The van der Waals surface area contributed by atoms with Gasteiger partial charge in [-0.2, -0.15) is 39.5 Å². The molecule has 2 fully saturated rings. The number of aromatic nitrogens is 2. The number of alkyl halides is 9. The third kappa shape index (κ3) is 6.89. The van der Waals surface area contributed by atoms with Crippen LogP contribution in [0.4, 0.5) is 48.7 Å². The molecule has 55 heavy (non-hydrogen) atoms. The van der Waals surface area contributed by atoms with Gasteiger partial charge in [0.1, 0.15) is 17.7 Å². The number of aryl methyl sites for hydroxylation is 1. The molecule has 5 aromatic rings. The van der Waals surface area contributed by atoms with E-state index in [1.807, 2.05) is 0 Å². The van der Waals surface area contributed by atoms with E-state index in [-0.39, 0.29) is 52.8 Å². The molecule has 0 aliphatic carbocycles. The van der Waals surface area contributed by atoms with Crippen LogP contribution in [0.5, 0.6) is 5.75 Å². The fourth-order valence-corrected chi connectivity index (χ4v) is 7.24. The molecule has 0 spiro atoms. The smallest absolute Gasteiger partial charge is 0.434 e. The van der Waals surface area contributed by atoms with E-state index in [4.69, 9.17) is 13.9 Å². The highest BCUT2D eigenvalue weighted by atomic mass is 19.4. The van der Waals surface area contributed by atoms with E-state index in [1.54, 1.807) is 13.0 Å². The van der Waals surface area contributed by atoms with Crippen molar-refractivity contribution in [3.05, 3.63) is 116 Å². The fraction of sp³-hybridized carbons (Fsp3) is 0.270. The Labute approximate surface area is 303 Å². The molecular formula is C37H25F10N3O5. The molecule has 3 heterocycles. The van der Waals surface area contributed by atoms with Gasteiger partial charge in [0.05, 0.1) is 35.9 Å².